The van der Waals surface area contributed by atoms with E-state index in [4.69, 9.17) is 21.2 Å². The first-order valence-corrected chi connectivity index (χ1v) is 9.98. The second kappa shape index (κ2) is 7.43. The molecule has 4 N–H and O–H groups in total. The highest BCUT2D eigenvalue weighted by atomic mass is 16.5. The van der Waals surface area contributed by atoms with E-state index in [-0.39, 0.29) is 11.7 Å². The summed E-state index contributed by atoms with van der Waals surface area (Å²) in [5.74, 6) is 0.582. The molecular formula is C20H28N6O2. The molecule has 1 aliphatic carbocycles. The van der Waals surface area contributed by atoms with Crippen LogP contribution in [0, 0.1) is 0 Å². The van der Waals surface area contributed by atoms with E-state index in [0.29, 0.717) is 24.7 Å². The molecule has 4 rings (SSSR count). The molecule has 1 spiro atoms. The topological polar surface area (TPSA) is 110 Å². The molecule has 1 aromatic rings. The Balaban J connectivity index is 1.85. The molecule has 0 aromatic heterocycles. The highest BCUT2D eigenvalue weighted by molar-refractivity contribution is 6.08. The molecule has 8 heteroatoms. The van der Waals surface area contributed by atoms with Gasteiger partial charge in [-0.25, -0.2) is 4.99 Å². The lowest BCUT2D eigenvalue weighted by atomic mass is 9.87. The molecule has 0 unspecified atom stereocenters. The number of ether oxygens (including phenoxy) is 1. The van der Waals surface area contributed by atoms with Crippen LogP contribution in [0.25, 0.3) is 0 Å². The van der Waals surface area contributed by atoms with E-state index in [1.54, 1.807) is 6.92 Å². The van der Waals surface area contributed by atoms with Crippen LogP contribution in [0.15, 0.2) is 28.2 Å². The first-order valence-electron chi connectivity index (χ1n) is 9.98. The predicted octanol–water partition coefficient (Wildman–Crippen LogP) is 1.84. The number of carbonyl (C=O) groups is 1. The van der Waals surface area contributed by atoms with Gasteiger partial charge in [0.1, 0.15) is 5.66 Å². The summed E-state index contributed by atoms with van der Waals surface area (Å²) in [6.45, 7) is 4.50. The lowest BCUT2D eigenvalue weighted by molar-refractivity contribution is 0.101. The Kier molecular flexibility index (Phi) is 4.97. The van der Waals surface area contributed by atoms with Crippen LogP contribution in [0.5, 0.6) is 0 Å². The monoisotopic (exact) mass is 384 g/mol. The molecule has 0 radical (unpaired) electrons. The van der Waals surface area contributed by atoms with Crippen molar-refractivity contribution in [3.05, 3.63) is 23.8 Å². The third kappa shape index (κ3) is 3.32. The molecule has 28 heavy (non-hydrogen) atoms. The quantitative estimate of drug-likeness (QED) is 0.770. The number of hydrogen-bond donors (Lipinski definition) is 2. The van der Waals surface area contributed by atoms with Crippen molar-refractivity contribution in [2.75, 3.05) is 36.1 Å². The second-order valence-electron chi connectivity index (χ2n) is 7.68. The Labute approximate surface area is 165 Å². The lowest BCUT2D eigenvalue weighted by Crippen LogP contribution is -2.58. The zero-order chi connectivity index (χ0) is 19.7. The van der Waals surface area contributed by atoms with Gasteiger partial charge in [0.05, 0.1) is 24.6 Å². The van der Waals surface area contributed by atoms with Gasteiger partial charge in [-0.15, -0.1) is 0 Å². The fourth-order valence-electron chi connectivity index (χ4n) is 4.46. The number of aliphatic imine (C=N–C) groups is 2. The van der Waals surface area contributed by atoms with Gasteiger partial charge in [-0.1, -0.05) is 6.42 Å². The van der Waals surface area contributed by atoms with Gasteiger partial charge in [0, 0.05) is 18.7 Å². The van der Waals surface area contributed by atoms with Crippen LogP contribution in [0.3, 0.4) is 0 Å². The van der Waals surface area contributed by atoms with Crippen LogP contribution < -0.4 is 21.3 Å². The molecule has 2 aliphatic heterocycles. The number of morpholine rings is 1. The highest BCUT2D eigenvalue weighted by Gasteiger charge is 2.43. The summed E-state index contributed by atoms with van der Waals surface area (Å²) in [5, 5.41) is 0. The maximum Gasteiger partial charge on any atom is 0.220 e. The predicted molar refractivity (Wildman–Crippen MR) is 111 cm³/mol. The second-order valence-corrected chi connectivity index (χ2v) is 7.68. The van der Waals surface area contributed by atoms with E-state index in [1.807, 2.05) is 23.1 Å². The molecule has 0 bridgehead atoms. The Morgan fingerprint density at radius 2 is 1.82 bits per heavy atom. The fourth-order valence-corrected chi connectivity index (χ4v) is 4.46. The normalized spacial score (nSPS) is 22.0. The first kappa shape index (κ1) is 18.7. The lowest BCUT2D eigenvalue weighted by Gasteiger charge is -2.47. The molecule has 0 atom stereocenters. The summed E-state index contributed by atoms with van der Waals surface area (Å²) >= 11 is 0. The van der Waals surface area contributed by atoms with E-state index < -0.39 is 5.66 Å². The molecule has 1 saturated heterocycles. The van der Waals surface area contributed by atoms with Gasteiger partial charge in [-0.2, -0.15) is 4.99 Å². The maximum atomic E-state index is 12.1. The van der Waals surface area contributed by atoms with Crippen molar-refractivity contribution in [3.8, 4) is 0 Å². The molecule has 2 heterocycles. The zero-order valence-electron chi connectivity index (χ0n) is 16.4. The molecule has 3 aliphatic rings. The van der Waals surface area contributed by atoms with Crippen LogP contribution in [-0.4, -0.2) is 49.7 Å². The van der Waals surface area contributed by atoms with Gasteiger partial charge in [0.2, 0.25) is 11.9 Å². The molecule has 8 nitrogen and oxygen atoms in total. The number of rotatable bonds is 3. The Morgan fingerprint density at radius 1 is 1.11 bits per heavy atom. The van der Waals surface area contributed by atoms with Crippen LogP contribution >= 0.6 is 0 Å². The van der Waals surface area contributed by atoms with Crippen molar-refractivity contribution in [2.24, 2.45) is 21.5 Å². The average Bonchev–Trinajstić information content (AvgIpc) is 2.68. The van der Waals surface area contributed by atoms with Gasteiger partial charge < -0.3 is 21.1 Å². The number of benzene rings is 1. The van der Waals surface area contributed by atoms with Crippen molar-refractivity contribution in [3.63, 3.8) is 0 Å². The summed E-state index contributed by atoms with van der Waals surface area (Å²) in [4.78, 5) is 25.4. The number of Topliss-reactive ketones (excluding diaryl/α,β-unsaturated/α-hetero) is 1. The molecule has 1 saturated carbocycles. The van der Waals surface area contributed by atoms with E-state index >= 15 is 0 Å². The van der Waals surface area contributed by atoms with Crippen molar-refractivity contribution in [1.82, 2.24) is 0 Å². The summed E-state index contributed by atoms with van der Waals surface area (Å²) in [7, 11) is 0. The number of ketones is 1. The smallest absolute Gasteiger partial charge is 0.220 e. The van der Waals surface area contributed by atoms with Gasteiger partial charge >= 0.3 is 0 Å². The minimum absolute atomic E-state index is 0.0167. The molecule has 150 valence electrons. The van der Waals surface area contributed by atoms with Crippen LogP contribution in [-0.2, 0) is 4.74 Å². The van der Waals surface area contributed by atoms with E-state index in [2.05, 4.69) is 9.89 Å². The van der Waals surface area contributed by atoms with Gasteiger partial charge in [0.25, 0.3) is 0 Å². The first-order chi connectivity index (χ1) is 13.5. The van der Waals surface area contributed by atoms with E-state index in [0.717, 1.165) is 50.1 Å². The Morgan fingerprint density at radius 3 is 2.50 bits per heavy atom. The van der Waals surface area contributed by atoms with Crippen LogP contribution in [0.2, 0.25) is 0 Å². The highest BCUT2D eigenvalue weighted by Crippen LogP contribution is 2.43. The minimum atomic E-state index is -0.537. The number of hydrogen-bond acceptors (Lipinski definition) is 8. The van der Waals surface area contributed by atoms with Crippen molar-refractivity contribution < 1.29 is 9.53 Å². The van der Waals surface area contributed by atoms with Gasteiger partial charge in [-0.05, 0) is 50.8 Å². The summed E-state index contributed by atoms with van der Waals surface area (Å²) in [6, 6.07) is 5.80. The minimum Gasteiger partial charge on any atom is -0.378 e. The number of guanidine groups is 2. The van der Waals surface area contributed by atoms with Crippen molar-refractivity contribution in [1.29, 1.82) is 0 Å². The molecule has 2 fully saturated rings. The third-order valence-electron chi connectivity index (χ3n) is 5.83. The molecule has 1 aromatic carbocycles. The number of carbonyl (C=O) groups excluding carboxylic acids is 1. The van der Waals surface area contributed by atoms with Crippen LogP contribution in [0.4, 0.5) is 11.4 Å². The maximum absolute atomic E-state index is 12.1. The standard InChI is InChI=1S/C20H28N6O2/c1-14(27)15-5-6-16(25-9-11-28-12-10-25)17(13-15)26-19(22)23-18(21)24-20(26)7-3-2-4-8-20/h5-6,13H,2-4,7-12H2,1H3,(H4,21,22,23,24). The van der Waals surface area contributed by atoms with E-state index in [9.17, 15) is 4.79 Å². The van der Waals surface area contributed by atoms with Gasteiger partial charge in [-0.3, -0.25) is 9.69 Å². The molecular weight excluding hydrogens is 356 g/mol. The fraction of sp³-hybridized carbons (Fsp3) is 0.550. The Bertz CT molecular complexity index is 822. The third-order valence-corrected chi connectivity index (χ3v) is 5.83. The SMILES string of the molecule is CC(=O)c1ccc(N2CCOCC2)c(N2C(N)=NC(N)=NC23CCCCC3)c1. The number of nitrogens with two attached hydrogens (primary N) is 2. The van der Waals surface area contributed by atoms with E-state index in [1.165, 1.54) is 6.42 Å². The van der Waals surface area contributed by atoms with Crippen LogP contribution in [0.1, 0.15) is 49.4 Å². The number of anilines is 2. The number of nitrogens with zero attached hydrogens (tertiary/aromatic N) is 4. The van der Waals surface area contributed by atoms with Crippen molar-refractivity contribution >= 4 is 29.1 Å². The zero-order valence-corrected chi connectivity index (χ0v) is 16.4. The average molecular weight is 384 g/mol. The Hall–Kier alpha value is -2.61. The summed E-state index contributed by atoms with van der Waals surface area (Å²) in [6.07, 6.45) is 5.00. The largest absolute Gasteiger partial charge is 0.378 e. The van der Waals surface area contributed by atoms with Gasteiger partial charge in [0.15, 0.2) is 5.78 Å². The summed E-state index contributed by atoms with van der Waals surface area (Å²) in [5.41, 5.74) is 14.4. The van der Waals surface area contributed by atoms with Crippen molar-refractivity contribution in [2.45, 2.75) is 44.7 Å². The molecule has 0 amide bonds. The summed E-state index contributed by atoms with van der Waals surface area (Å²) < 4.78 is 5.52.